The van der Waals surface area contributed by atoms with E-state index in [9.17, 15) is 0 Å². The van der Waals surface area contributed by atoms with Crippen LogP contribution in [0.1, 0.15) is 34.9 Å². The maximum absolute atomic E-state index is 9.17. The number of benzene rings is 1. The Kier molecular flexibility index (Phi) is 3.92. The van der Waals surface area contributed by atoms with E-state index < -0.39 is 0 Å². The zero-order valence-electron chi connectivity index (χ0n) is 11.6. The zero-order chi connectivity index (χ0) is 14.0. The average Bonchev–Trinajstić information content (AvgIpc) is 2.68. The molecule has 1 heterocycles. The molecular formula is C16H18N2S. The molecular weight excluding hydrogens is 252 g/mol. The van der Waals surface area contributed by atoms with Crippen molar-refractivity contribution in [2.45, 2.75) is 33.6 Å². The number of hydrogen-bond acceptors (Lipinski definition) is 3. The Hall–Kier alpha value is -1.79. The normalized spacial score (nSPS) is 10.4. The van der Waals surface area contributed by atoms with E-state index in [0.29, 0.717) is 10.6 Å². The summed E-state index contributed by atoms with van der Waals surface area (Å²) in [4.78, 5) is 1.80. The van der Waals surface area contributed by atoms with Gasteiger partial charge in [-0.15, -0.1) is 11.3 Å². The van der Waals surface area contributed by atoms with Crippen molar-refractivity contribution in [1.29, 1.82) is 5.26 Å². The number of nitriles is 1. The largest absolute Gasteiger partial charge is 0.397 e. The van der Waals surface area contributed by atoms with E-state index >= 15 is 0 Å². The quantitative estimate of drug-likeness (QED) is 0.896. The van der Waals surface area contributed by atoms with Gasteiger partial charge in [-0.1, -0.05) is 37.1 Å². The van der Waals surface area contributed by atoms with Crippen molar-refractivity contribution in [2.24, 2.45) is 0 Å². The van der Waals surface area contributed by atoms with Crippen LogP contribution in [-0.4, -0.2) is 0 Å². The fourth-order valence-corrected chi connectivity index (χ4v) is 3.50. The lowest BCUT2D eigenvalue weighted by molar-refractivity contribution is 0.929. The second kappa shape index (κ2) is 5.46. The van der Waals surface area contributed by atoms with Gasteiger partial charge in [-0.3, -0.25) is 0 Å². The molecule has 0 unspecified atom stereocenters. The fourth-order valence-electron chi connectivity index (χ4n) is 2.35. The van der Waals surface area contributed by atoms with Gasteiger partial charge >= 0.3 is 0 Å². The number of nitrogens with two attached hydrogens (primary N) is 1. The second-order valence-electron chi connectivity index (χ2n) is 4.83. The van der Waals surface area contributed by atoms with E-state index in [1.54, 1.807) is 0 Å². The highest BCUT2D eigenvalue weighted by atomic mass is 32.1. The summed E-state index contributed by atoms with van der Waals surface area (Å²) in [7, 11) is 0. The number of thiophene rings is 1. The van der Waals surface area contributed by atoms with Crippen molar-refractivity contribution in [3.8, 4) is 16.5 Å². The Labute approximate surface area is 118 Å². The minimum atomic E-state index is 0.637. The molecule has 2 aromatic rings. The van der Waals surface area contributed by atoms with Crippen LogP contribution in [0.3, 0.4) is 0 Å². The highest BCUT2D eigenvalue weighted by Crippen LogP contribution is 2.40. The lowest BCUT2D eigenvalue weighted by atomic mass is 9.99. The first-order valence-corrected chi connectivity index (χ1v) is 7.29. The van der Waals surface area contributed by atoms with E-state index in [1.165, 1.54) is 28.0 Å². The standard InChI is InChI=1S/C16H18N2S/c1-4-5-13-15(18)14(9-17)19-16(13)12-7-6-10(2)8-11(12)3/h6-8H,4-5,18H2,1-3H3. The fraction of sp³-hybridized carbons (Fsp3) is 0.312. The molecule has 0 spiro atoms. The van der Waals surface area contributed by atoms with Gasteiger partial charge in [-0.2, -0.15) is 5.26 Å². The van der Waals surface area contributed by atoms with Crippen molar-refractivity contribution < 1.29 is 0 Å². The molecule has 2 rings (SSSR count). The molecule has 1 aromatic heterocycles. The molecule has 98 valence electrons. The maximum Gasteiger partial charge on any atom is 0.128 e. The summed E-state index contributed by atoms with van der Waals surface area (Å²) in [6.45, 7) is 6.34. The Bertz CT molecular complexity index is 647. The van der Waals surface area contributed by atoms with E-state index in [1.807, 2.05) is 0 Å². The first-order chi connectivity index (χ1) is 9.08. The summed E-state index contributed by atoms with van der Waals surface area (Å²) in [6.07, 6.45) is 1.95. The molecule has 3 heteroatoms. The molecule has 1 aromatic carbocycles. The Morgan fingerprint density at radius 1 is 1.32 bits per heavy atom. The Morgan fingerprint density at radius 2 is 2.05 bits per heavy atom. The van der Waals surface area contributed by atoms with Gasteiger partial charge in [-0.25, -0.2) is 0 Å². The van der Waals surface area contributed by atoms with Crippen LogP contribution < -0.4 is 5.73 Å². The molecule has 2 nitrogen and oxygen atoms in total. The van der Waals surface area contributed by atoms with Gasteiger partial charge in [0.2, 0.25) is 0 Å². The summed E-state index contributed by atoms with van der Waals surface area (Å²) >= 11 is 1.51. The van der Waals surface area contributed by atoms with Gasteiger partial charge in [-0.05, 0) is 37.0 Å². The maximum atomic E-state index is 9.17. The molecule has 0 aliphatic rings. The molecule has 0 bridgehead atoms. The smallest absolute Gasteiger partial charge is 0.128 e. The van der Waals surface area contributed by atoms with Gasteiger partial charge < -0.3 is 5.73 Å². The predicted molar refractivity (Wildman–Crippen MR) is 82.4 cm³/mol. The third kappa shape index (κ3) is 2.50. The van der Waals surface area contributed by atoms with Crippen LogP contribution in [0.15, 0.2) is 18.2 Å². The molecule has 2 N–H and O–H groups in total. The lowest BCUT2D eigenvalue weighted by Gasteiger charge is -2.08. The summed E-state index contributed by atoms with van der Waals surface area (Å²) in [6, 6.07) is 8.63. The zero-order valence-corrected chi connectivity index (χ0v) is 12.4. The minimum absolute atomic E-state index is 0.637. The molecule has 0 saturated carbocycles. The molecule has 19 heavy (non-hydrogen) atoms. The van der Waals surface area contributed by atoms with Crippen molar-refractivity contribution in [3.05, 3.63) is 39.8 Å². The van der Waals surface area contributed by atoms with Crippen molar-refractivity contribution in [1.82, 2.24) is 0 Å². The predicted octanol–water partition coefficient (Wildman–Crippen LogP) is 4.44. The van der Waals surface area contributed by atoms with E-state index in [-0.39, 0.29) is 0 Å². The van der Waals surface area contributed by atoms with Crippen LogP contribution in [0.4, 0.5) is 5.69 Å². The van der Waals surface area contributed by atoms with Crippen LogP contribution >= 0.6 is 11.3 Å². The Balaban J connectivity index is 2.64. The first-order valence-electron chi connectivity index (χ1n) is 6.47. The van der Waals surface area contributed by atoms with Crippen molar-refractivity contribution in [2.75, 3.05) is 5.73 Å². The molecule has 0 radical (unpaired) electrons. The van der Waals surface area contributed by atoms with E-state index in [2.05, 4.69) is 45.0 Å². The summed E-state index contributed by atoms with van der Waals surface area (Å²) in [5.41, 5.74) is 11.6. The van der Waals surface area contributed by atoms with Crippen LogP contribution in [-0.2, 0) is 6.42 Å². The molecule has 0 aliphatic heterocycles. The highest BCUT2D eigenvalue weighted by molar-refractivity contribution is 7.16. The number of rotatable bonds is 3. The van der Waals surface area contributed by atoms with Crippen molar-refractivity contribution in [3.63, 3.8) is 0 Å². The molecule has 0 atom stereocenters. The monoisotopic (exact) mass is 270 g/mol. The highest BCUT2D eigenvalue weighted by Gasteiger charge is 2.17. The lowest BCUT2D eigenvalue weighted by Crippen LogP contribution is -1.94. The third-order valence-electron chi connectivity index (χ3n) is 3.28. The van der Waals surface area contributed by atoms with Crippen LogP contribution in [0.2, 0.25) is 0 Å². The molecule has 0 amide bonds. The molecule has 0 saturated heterocycles. The SMILES string of the molecule is CCCc1c(-c2ccc(C)cc2C)sc(C#N)c1N. The first kappa shape index (κ1) is 13.6. The van der Waals surface area contributed by atoms with Gasteiger partial charge in [0.1, 0.15) is 10.9 Å². The number of anilines is 1. The van der Waals surface area contributed by atoms with Crippen molar-refractivity contribution >= 4 is 17.0 Å². The number of aryl methyl sites for hydroxylation is 2. The van der Waals surface area contributed by atoms with Gasteiger partial charge in [0.05, 0.1) is 5.69 Å². The average molecular weight is 270 g/mol. The van der Waals surface area contributed by atoms with Crippen LogP contribution in [0, 0.1) is 25.2 Å². The number of nitrogen functional groups attached to an aromatic ring is 1. The topological polar surface area (TPSA) is 49.8 Å². The summed E-state index contributed by atoms with van der Waals surface area (Å²) < 4.78 is 0. The third-order valence-corrected chi connectivity index (χ3v) is 4.46. The van der Waals surface area contributed by atoms with Crippen LogP contribution in [0.25, 0.3) is 10.4 Å². The number of nitrogens with zero attached hydrogens (tertiary/aromatic N) is 1. The van der Waals surface area contributed by atoms with E-state index in [4.69, 9.17) is 11.0 Å². The van der Waals surface area contributed by atoms with Gasteiger partial charge in [0.15, 0.2) is 0 Å². The molecule has 0 fully saturated rings. The van der Waals surface area contributed by atoms with Crippen LogP contribution in [0.5, 0.6) is 0 Å². The number of hydrogen-bond donors (Lipinski definition) is 1. The van der Waals surface area contributed by atoms with Gasteiger partial charge in [0.25, 0.3) is 0 Å². The molecule has 0 aliphatic carbocycles. The van der Waals surface area contributed by atoms with Gasteiger partial charge in [0, 0.05) is 4.88 Å². The summed E-state index contributed by atoms with van der Waals surface area (Å²) in [5, 5.41) is 9.17. The second-order valence-corrected chi connectivity index (χ2v) is 5.85. The minimum Gasteiger partial charge on any atom is -0.397 e. The Morgan fingerprint density at radius 3 is 2.63 bits per heavy atom. The summed E-state index contributed by atoms with van der Waals surface area (Å²) in [5.74, 6) is 0. The van der Waals surface area contributed by atoms with E-state index in [0.717, 1.165) is 23.3 Å².